The summed E-state index contributed by atoms with van der Waals surface area (Å²) in [5.74, 6) is -2.15. The fourth-order valence-electron chi connectivity index (χ4n) is 2.04. The molecule has 0 aliphatic carbocycles. The highest BCUT2D eigenvalue weighted by Gasteiger charge is 2.31. The molecule has 2 aromatic rings. The van der Waals surface area contributed by atoms with Gasteiger partial charge in [-0.1, -0.05) is 0 Å². The van der Waals surface area contributed by atoms with Crippen molar-refractivity contribution < 1.29 is 28.5 Å². The first kappa shape index (κ1) is 13.1. The summed E-state index contributed by atoms with van der Waals surface area (Å²) in [6.45, 7) is 0. The molecule has 1 aliphatic rings. The van der Waals surface area contributed by atoms with Crippen LogP contribution >= 0.6 is 0 Å². The number of carbonyl (C=O) groups is 1. The Morgan fingerprint density at radius 3 is 2.48 bits per heavy atom. The van der Waals surface area contributed by atoms with E-state index in [0.717, 1.165) is 6.20 Å². The molecule has 21 heavy (non-hydrogen) atoms. The van der Waals surface area contributed by atoms with Crippen LogP contribution in [0.1, 0.15) is 10.5 Å². The fourth-order valence-corrected chi connectivity index (χ4v) is 3.10. The van der Waals surface area contributed by atoms with Crippen molar-refractivity contribution in [2.45, 2.75) is 0 Å². The smallest absolute Gasteiger partial charge is 0.352 e. The van der Waals surface area contributed by atoms with E-state index in [1.54, 1.807) is 0 Å². The number of aromatic amines is 1. The van der Waals surface area contributed by atoms with E-state index >= 15 is 0 Å². The number of anilines is 1. The van der Waals surface area contributed by atoms with Crippen LogP contribution in [0, 0.1) is 0 Å². The van der Waals surface area contributed by atoms with Crippen molar-refractivity contribution >= 4 is 32.8 Å². The van der Waals surface area contributed by atoms with Gasteiger partial charge in [-0.25, -0.2) is 13.8 Å². The molecular weight excluding hydrogens is 302 g/mol. The number of aliphatic hydroxyl groups is 1. The molecule has 110 valence electrons. The molecule has 0 atom stereocenters. The van der Waals surface area contributed by atoms with E-state index in [1.807, 2.05) is 4.72 Å². The van der Waals surface area contributed by atoms with Crippen molar-refractivity contribution in [3.63, 3.8) is 0 Å². The minimum Gasteiger partial charge on any atom is -0.506 e. The first-order valence-corrected chi connectivity index (χ1v) is 7.04. The summed E-state index contributed by atoms with van der Waals surface area (Å²) in [5.41, 5.74) is 0.107. The molecule has 3 rings (SSSR count). The predicted molar refractivity (Wildman–Crippen MR) is 72.2 cm³/mol. The summed E-state index contributed by atoms with van der Waals surface area (Å²) in [6.07, 6.45) is 0.886. The summed E-state index contributed by atoms with van der Waals surface area (Å²) < 4.78 is 26.0. The number of hydrogen-bond donors (Lipinski definition) is 5. The SMILES string of the molecule is O=C(O)c1cc2cc(O)c(N3C=C(O)NS3(=O)=O)cc2[nH]1. The lowest BCUT2D eigenvalue weighted by atomic mass is 10.2. The highest BCUT2D eigenvalue weighted by Crippen LogP contribution is 2.35. The van der Waals surface area contributed by atoms with Gasteiger partial charge in [0.05, 0.1) is 6.20 Å². The van der Waals surface area contributed by atoms with Gasteiger partial charge >= 0.3 is 16.2 Å². The number of rotatable bonds is 2. The van der Waals surface area contributed by atoms with Crippen molar-refractivity contribution in [1.29, 1.82) is 0 Å². The number of carboxylic acid groups (broad SMARTS) is 1. The van der Waals surface area contributed by atoms with E-state index in [-0.39, 0.29) is 17.1 Å². The van der Waals surface area contributed by atoms with Gasteiger partial charge in [0.1, 0.15) is 17.1 Å². The van der Waals surface area contributed by atoms with Crippen LogP contribution in [-0.4, -0.2) is 34.7 Å². The highest BCUT2D eigenvalue weighted by molar-refractivity contribution is 7.91. The Bertz CT molecular complexity index is 898. The minimum atomic E-state index is -4.04. The average Bonchev–Trinajstić information content (AvgIpc) is 2.88. The zero-order valence-electron chi connectivity index (χ0n) is 10.2. The lowest BCUT2D eigenvalue weighted by molar-refractivity contribution is 0.0691. The number of phenolic OH excluding ortho intramolecular Hbond substituents is 1. The maximum atomic E-state index is 11.8. The van der Waals surface area contributed by atoms with E-state index in [0.29, 0.717) is 15.2 Å². The van der Waals surface area contributed by atoms with Crippen molar-refractivity contribution in [3.05, 3.63) is 36.0 Å². The van der Waals surface area contributed by atoms with Crippen LogP contribution in [0.25, 0.3) is 10.9 Å². The number of carboxylic acids is 1. The third-order valence-corrected chi connectivity index (χ3v) is 4.20. The Morgan fingerprint density at radius 2 is 1.90 bits per heavy atom. The monoisotopic (exact) mass is 311 g/mol. The molecule has 0 bridgehead atoms. The number of aromatic nitrogens is 1. The number of aromatic hydroxyl groups is 1. The van der Waals surface area contributed by atoms with Gasteiger partial charge in [-0.2, -0.15) is 8.42 Å². The van der Waals surface area contributed by atoms with Gasteiger partial charge in [0.25, 0.3) is 0 Å². The van der Waals surface area contributed by atoms with E-state index in [4.69, 9.17) is 5.11 Å². The lowest BCUT2D eigenvalue weighted by Gasteiger charge is -2.15. The molecule has 0 amide bonds. The Hall–Kier alpha value is -2.88. The molecule has 2 heterocycles. The number of phenols is 1. The van der Waals surface area contributed by atoms with Crippen LogP contribution < -0.4 is 9.03 Å². The first-order valence-electron chi connectivity index (χ1n) is 5.60. The second kappa shape index (κ2) is 4.06. The van der Waals surface area contributed by atoms with Crippen molar-refractivity contribution in [2.75, 3.05) is 4.31 Å². The van der Waals surface area contributed by atoms with Gasteiger partial charge < -0.3 is 20.3 Å². The number of H-pyrrole nitrogens is 1. The molecule has 0 fully saturated rings. The molecule has 10 heteroatoms. The zero-order chi connectivity index (χ0) is 15.4. The molecule has 0 saturated heterocycles. The van der Waals surface area contributed by atoms with Gasteiger partial charge in [-0.3, -0.25) is 0 Å². The van der Waals surface area contributed by atoms with E-state index in [9.17, 15) is 23.4 Å². The van der Waals surface area contributed by atoms with Crippen LogP contribution in [0.4, 0.5) is 5.69 Å². The van der Waals surface area contributed by atoms with Crippen LogP contribution in [0.2, 0.25) is 0 Å². The predicted octanol–water partition coefficient (Wildman–Crippen LogP) is 0.583. The molecule has 9 nitrogen and oxygen atoms in total. The second-order valence-electron chi connectivity index (χ2n) is 4.33. The number of nitrogens with zero attached hydrogens (tertiary/aromatic N) is 1. The van der Waals surface area contributed by atoms with Crippen LogP contribution in [-0.2, 0) is 10.2 Å². The average molecular weight is 311 g/mol. The van der Waals surface area contributed by atoms with Crippen LogP contribution in [0.3, 0.4) is 0 Å². The Morgan fingerprint density at radius 1 is 1.19 bits per heavy atom. The normalized spacial score (nSPS) is 16.8. The molecule has 1 aromatic carbocycles. The molecule has 0 radical (unpaired) electrons. The number of nitrogens with one attached hydrogen (secondary N) is 2. The number of benzene rings is 1. The maximum Gasteiger partial charge on any atom is 0.352 e. The Balaban J connectivity index is 2.20. The van der Waals surface area contributed by atoms with Gasteiger partial charge in [-0.05, 0) is 18.2 Å². The molecule has 0 unspecified atom stereocenters. The fraction of sp³-hybridized carbons (Fsp3) is 0. The standard InChI is InChI=1S/C11H9N3O6S/c15-9-2-5-1-7(11(17)18)12-6(5)3-8(9)14-4-10(16)13-21(14,19)20/h1-4,12-13,15-16H,(H,17,18). The largest absolute Gasteiger partial charge is 0.506 e. The van der Waals surface area contributed by atoms with E-state index < -0.39 is 22.1 Å². The molecule has 1 aromatic heterocycles. The van der Waals surface area contributed by atoms with Crippen molar-refractivity contribution in [2.24, 2.45) is 0 Å². The number of aliphatic hydroxyl groups excluding tert-OH is 1. The van der Waals surface area contributed by atoms with Gasteiger partial charge in [0.2, 0.25) is 5.88 Å². The minimum absolute atomic E-state index is 0.0951. The molecule has 1 aliphatic heterocycles. The van der Waals surface area contributed by atoms with Gasteiger partial charge in [0.15, 0.2) is 0 Å². The summed E-state index contributed by atoms with van der Waals surface area (Å²) in [4.78, 5) is 13.5. The molecular formula is C11H9N3O6S. The molecule has 5 N–H and O–H groups in total. The van der Waals surface area contributed by atoms with Crippen LogP contribution in [0.15, 0.2) is 30.3 Å². The Labute approximate surface area is 117 Å². The summed E-state index contributed by atoms with van der Waals surface area (Å²) >= 11 is 0. The summed E-state index contributed by atoms with van der Waals surface area (Å²) in [5, 5.41) is 28.5. The quantitative estimate of drug-likeness (QED) is 0.549. The number of hydrogen-bond acceptors (Lipinski definition) is 5. The number of aromatic carboxylic acids is 1. The van der Waals surface area contributed by atoms with Gasteiger partial charge in [-0.15, -0.1) is 0 Å². The van der Waals surface area contributed by atoms with E-state index in [2.05, 4.69) is 4.98 Å². The highest BCUT2D eigenvalue weighted by atomic mass is 32.2. The Kier molecular flexibility index (Phi) is 2.53. The zero-order valence-corrected chi connectivity index (χ0v) is 11.0. The van der Waals surface area contributed by atoms with E-state index in [1.165, 1.54) is 18.2 Å². The second-order valence-corrected chi connectivity index (χ2v) is 5.88. The lowest BCUT2D eigenvalue weighted by Crippen LogP contribution is -2.29. The summed E-state index contributed by atoms with van der Waals surface area (Å²) in [7, 11) is -4.04. The van der Waals surface area contributed by atoms with Gasteiger partial charge in [0, 0.05) is 10.9 Å². The van der Waals surface area contributed by atoms with Crippen molar-refractivity contribution in [3.8, 4) is 5.75 Å². The van der Waals surface area contributed by atoms with Crippen LogP contribution in [0.5, 0.6) is 5.75 Å². The molecule has 0 saturated carbocycles. The van der Waals surface area contributed by atoms with Crippen molar-refractivity contribution in [1.82, 2.24) is 9.71 Å². The molecule has 0 spiro atoms. The first-order chi connectivity index (χ1) is 9.78. The topological polar surface area (TPSA) is 143 Å². The third kappa shape index (κ3) is 2.01. The maximum absolute atomic E-state index is 11.8. The number of fused-ring (bicyclic) bond motifs is 1. The summed E-state index contributed by atoms with van der Waals surface area (Å²) in [6, 6.07) is 3.81. The third-order valence-electron chi connectivity index (χ3n) is 2.92.